The zero-order valence-electron chi connectivity index (χ0n) is 34.0. The van der Waals surface area contributed by atoms with E-state index >= 15 is 0 Å². The molecule has 0 amide bonds. The van der Waals surface area contributed by atoms with Crippen molar-refractivity contribution in [3.05, 3.63) is 224 Å². The van der Waals surface area contributed by atoms with Crippen molar-refractivity contribution in [1.29, 1.82) is 0 Å². The van der Waals surface area contributed by atoms with Crippen LogP contribution in [0.15, 0.2) is 224 Å². The molecule has 0 fully saturated rings. The molecule has 11 rings (SSSR count). The Kier molecular flexibility index (Phi) is 7.08. The van der Waals surface area contributed by atoms with Crippen molar-refractivity contribution in [3.63, 3.8) is 0 Å². The number of nitrogens with zero attached hydrogens (tertiary/aromatic N) is 3. The van der Waals surface area contributed by atoms with E-state index in [1.807, 2.05) is 30.3 Å². The summed E-state index contributed by atoms with van der Waals surface area (Å²) < 4.78 is 30.9. The Labute approximate surface area is 335 Å². The summed E-state index contributed by atoms with van der Waals surface area (Å²) in [6, 6.07) is 71.8. The molecule has 3 heteroatoms. The van der Waals surface area contributed by atoms with Crippen molar-refractivity contribution in [1.82, 2.24) is 9.13 Å². The molecule has 0 saturated carbocycles. The Hall–Kier alpha value is -7.62. The second-order valence-corrected chi connectivity index (χ2v) is 14.4. The minimum Gasteiger partial charge on any atom is -0.310 e. The fourth-order valence-electron chi connectivity index (χ4n) is 8.44. The first-order valence-corrected chi connectivity index (χ1v) is 19.3. The van der Waals surface area contributed by atoms with Crippen molar-refractivity contribution < 1.29 is 4.11 Å². The molecule has 0 unspecified atom stereocenters. The van der Waals surface area contributed by atoms with E-state index in [2.05, 4.69) is 178 Å². The van der Waals surface area contributed by atoms with E-state index in [-0.39, 0.29) is 12.1 Å². The number of anilines is 3. The van der Waals surface area contributed by atoms with E-state index < -0.39 is 0 Å². The Morgan fingerprint density at radius 3 is 1.58 bits per heavy atom. The van der Waals surface area contributed by atoms with Gasteiger partial charge in [-0.3, -0.25) is 0 Å². The molecule has 0 spiro atoms. The normalized spacial score (nSPS) is 12.2. The van der Waals surface area contributed by atoms with E-state index in [4.69, 9.17) is 2.74 Å². The summed E-state index contributed by atoms with van der Waals surface area (Å²) in [5, 5.41) is 4.20. The number of rotatable bonds is 7. The van der Waals surface area contributed by atoms with Gasteiger partial charge in [-0.25, -0.2) is 0 Å². The van der Waals surface area contributed by atoms with Crippen LogP contribution in [0.1, 0.15) is 4.11 Å². The highest BCUT2D eigenvalue weighted by molar-refractivity contribution is 6.12. The van der Waals surface area contributed by atoms with Crippen LogP contribution in [-0.2, 0) is 0 Å². The lowest BCUT2D eigenvalue weighted by molar-refractivity contribution is 1.18. The SMILES string of the molecule is [2H]c1cc2c3cc(-c4ccc(N(c5ccccc5)c5ccc6c(c5)c5ccccc5n6-c5ccccc5)cc4)c([2H])cc3n(-c3ccc(-c4ccccc4)cc3)c2cc1[2H]. The molecule has 0 aliphatic heterocycles. The monoisotopic (exact) mass is 730 g/mol. The maximum Gasteiger partial charge on any atom is 0.0630 e. The first-order valence-electron chi connectivity index (χ1n) is 20.8. The van der Waals surface area contributed by atoms with Gasteiger partial charge in [0.25, 0.3) is 0 Å². The number of aromatic nitrogens is 2. The van der Waals surface area contributed by atoms with Crippen LogP contribution in [0.3, 0.4) is 0 Å². The minimum absolute atomic E-state index is 0.165. The summed E-state index contributed by atoms with van der Waals surface area (Å²) in [7, 11) is 0. The van der Waals surface area contributed by atoms with Crippen LogP contribution < -0.4 is 4.90 Å². The molecule has 0 aliphatic carbocycles. The van der Waals surface area contributed by atoms with Crippen LogP contribution in [0.4, 0.5) is 17.1 Å². The van der Waals surface area contributed by atoms with Crippen LogP contribution in [-0.4, -0.2) is 9.13 Å². The predicted octanol–water partition coefficient (Wildman–Crippen LogP) is 14.7. The van der Waals surface area contributed by atoms with E-state index in [0.717, 1.165) is 83.5 Å². The van der Waals surface area contributed by atoms with Crippen molar-refractivity contribution in [2.75, 3.05) is 4.90 Å². The maximum absolute atomic E-state index is 9.37. The lowest BCUT2D eigenvalue weighted by atomic mass is 10.0. The molecule has 11 aromatic rings. The fraction of sp³-hybridized carbons (Fsp3) is 0. The third-order valence-electron chi connectivity index (χ3n) is 11.1. The van der Waals surface area contributed by atoms with E-state index in [1.165, 1.54) is 10.8 Å². The standard InChI is InChI=1S/C54H37N3/c1-4-14-38(15-5-1)39-24-31-45(32-25-39)57-51-22-12-10-20-47(51)49-36-41(28-34-53(49)57)40-26-29-44(30-27-40)55(42-16-6-2-7-17-42)46-33-35-54-50(37-46)48-21-11-13-23-52(48)56(54)43-18-8-3-9-19-43/h1-37H/i10D,12D,28D. The fourth-order valence-corrected chi connectivity index (χ4v) is 8.44. The molecule has 0 saturated heterocycles. The summed E-state index contributed by atoms with van der Waals surface area (Å²) in [6.07, 6.45) is 0. The second-order valence-electron chi connectivity index (χ2n) is 14.4. The lowest BCUT2D eigenvalue weighted by Gasteiger charge is -2.26. The third-order valence-corrected chi connectivity index (χ3v) is 11.1. The summed E-state index contributed by atoms with van der Waals surface area (Å²) in [5.41, 5.74) is 13.2. The molecule has 57 heavy (non-hydrogen) atoms. The van der Waals surface area contributed by atoms with E-state index in [9.17, 15) is 1.37 Å². The van der Waals surface area contributed by atoms with Gasteiger partial charge < -0.3 is 14.0 Å². The van der Waals surface area contributed by atoms with Crippen molar-refractivity contribution in [3.8, 4) is 33.6 Å². The smallest absolute Gasteiger partial charge is 0.0630 e. The molecule has 0 bridgehead atoms. The van der Waals surface area contributed by atoms with Crippen LogP contribution >= 0.6 is 0 Å². The van der Waals surface area contributed by atoms with Gasteiger partial charge in [0.2, 0.25) is 0 Å². The largest absolute Gasteiger partial charge is 0.310 e. The summed E-state index contributed by atoms with van der Waals surface area (Å²) in [6.45, 7) is 0. The third kappa shape index (κ3) is 5.60. The van der Waals surface area contributed by atoms with Gasteiger partial charge >= 0.3 is 0 Å². The van der Waals surface area contributed by atoms with Gasteiger partial charge in [0, 0.05) is 50.0 Å². The van der Waals surface area contributed by atoms with Crippen molar-refractivity contribution in [2.45, 2.75) is 0 Å². The number of fused-ring (bicyclic) bond motifs is 6. The Balaban J connectivity index is 1.02. The van der Waals surface area contributed by atoms with Gasteiger partial charge in [-0.2, -0.15) is 0 Å². The van der Waals surface area contributed by atoms with Gasteiger partial charge in [0.15, 0.2) is 0 Å². The highest BCUT2D eigenvalue weighted by Crippen LogP contribution is 2.41. The molecule has 9 aromatic carbocycles. The van der Waals surface area contributed by atoms with Crippen molar-refractivity contribution >= 4 is 60.7 Å². The molecule has 0 aliphatic rings. The first-order chi connectivity index (χ1) is 29.5. The predicted molar refractivity (Wildman–Crippen MR) is 241 cm³/mol. The Morgan fingerprint density at radius 1 is 0.316 bits per heavy atom. The Morgan fingerprint density at radius 2 is 0.807 bits per heavy atom. The average molecular weight is 731 g/mol. The average Bonchev–Trinajstić information content (AvgIpc) is 3.78. The number of hydrogen-bond acceptors (Lipinski definition) is 1. The van der Waals surface area contributed by atoms with Gasteiger partial charge in [-0.15, -0.1) is 0 Å². The molecule has 2 aromatic heterocycles. The van der Waals surface area contributed by atoms with Crippen LogP contribution in [0.25, 0.3) is 77.2 Å². The number of benzene rings is 9. The van der Waals surface area contributed by atoms with Gasteiger partial charge in [-0.05, 0) is 113 Å². The number of hydrogen-bond donors (Lipinski definition) is 0. The van der Waals surface area contributed by atoms with Crippen molar-refractivity contribution in [2.24, 2.45) is 0 Å². The topological polar surface area (TPSA) is 13.1 Å². The first kappa shape index (κ1) is 29.7. The number of para-hydroxylation sites is 4. The highest BCUT2D eigenvalue weighted by atomic mass is 15.1. The molecule has 268 valence electrons. The highest BCUT2D eigenvalue weighted by Gasteiger charge is 2.18. The summed E-state index contributed by atoms with van der Waals surface area (Å²) >= 11 is 0. The second kappa shape index (κ2) is 13.6. The quantitative estimate of drug-likeness (QED) is 0.159. The van der Waals surface area contributed by atoms with Crippen LogP contribution in [0.5, 0.6) is 0 Å². The van der Waals surface area contributed by atoms with Crippen LogP contribution in [0.2, 0.25) is 0 Å². The minimum atomic E-state index is 0.165. The van der Waals surface area contributed by atoms with Gasteiger partial charge in [-0.1, -0.05) is 133 Å². The lowest BCUT2D eigenvalue weighted by Crippen LogP contribution is -2.09. The molecule has 0 atom stereocenters. The molecule has 2 heterocycles. The van der Waals surface area contributed by atoms with Gasteiger partial charge in [0.05, 0.1) is 26.2 Å². The molecular weight excluding hydrogens is 691 g/mol. The molecular formula is C54H37N3. The van der Waals surface area contributed by atoms with E-state index in [1.54, 1.807) is 12.1 Å². The maximum atomic E-state index is 9.37. The zero-order chi connectivity index (χ0) is 40.3. The molecule has 0 radical (unpaired) electrons. The van der Waals surface area contributed by atoms with E-state index in [0.29, 0.717) is 6.04 Å². The van der Waals surface area contributed by atoms with Crippen LogP contribution in [0, 0.1) is 0 Å². The molecule has 3 nitrogen and oxygen atoms in total. The zero-order valence-corrected chi connectivity index (χ0v) is 31.0. The molecule has 0 N–H and O–H groups in total. The summed E-state index contributed by atoms with van der Waals surface area (Å²) in [4.78, 5) is 2.29. The summed E-state index contributed by atoms with van der Waals surface area (Å²) in [5.74, 6) is 0. The van der Waals surface area contributed by atoms with Gasteiger partial charge in [0.1, 0.15) is 0 Å². The Bertz CT molecular complexity index is 3370.